The molecule has 0 bridgehead atoms. The number of aliphatic carboxylic acids is 1. The number of fused-ring (bicyclic) bond motifs is 1. The van der Waals surface area contributed by atoms with E-state index < -0.39 is 12.0 Å². The van der Waals surface area contributed by atoms with E-state index >= 15 is 0 Å². The molecule has 1 aliphatic heterocycles. The van der Waals surface area contributed by atoms with Crippen LogP contribution in [0.25, 0.3) is 17.2 Å². The molecular formula is C25H27NO4. The van der Waals surface area contributed by atoms with Crippen LogP contribution in [0.15, 0.2) is 56.9 Å². The van der Waals surface area contributed by atoms with Crippen LogP contribution in [0.3, 0.4) is 0 Å². The van der Waals surface area contributed by atoms with Crippen molar-refractivity contribution in [3.8, 4) is 11.1 Å². The highest BCUT2D eigenvalue weighted by Crippen LogP contribution is 2.33. The van der Waals surface area contributed by atoms with Gasteiger partial charge in [-0.2, -0.15) is 0 Å². The Hall–Kier alpha value is -3.08. The molecule has 1 N–H and O–H groups in total. The van der Waals surface area contributed by atoms with E-state index in [1.807, 2.05) is 55.2 Å². The fraction of sp³-hybridized carbons (Fsp3) is 0.360. The van der Waals surface area contributed by atoms with Crippen LogP contribution in [-0.2, 0) is 11.2 Å². The van der Waals surface area contributed by atoms with Crippen LogP contribution in [0.5, 0.6) is 0 Å². The smallest absolute Gasteiger partial charge is 0.336 e. The summed E-state index contributed by atoms with van der Waals surface area (Å²) in [7, 11) is 0. The van der Waals surface area contributed by atoms with E-state index in [1.54, 1.807) is 6.07 Å². The van der Waals surface area contributed by atoms with E-state index in [9.17, 15) is 14.7 Å². The van der Waals surface area contributed by atoms with Gasteiger partial charge in [0.2, 0.25) is 0 Å². The Morgan fingerprint density at radius 3 is 2.67 bits per heavy atom. The van der Waals surface area contributed by atoms with Crippen molar-refractivity contribution in [3.05, 3.63) is 75.0 Å². The number of carboxylic acids is 1. The number of benzene rings is 1. The molecule has 5 nitrogen and oxygen atoms in total. The van der Waals surface area contributed by atoms with Crippen LogP contribution in [0.1, 0.15) is 49.5 Å². The fourth-order valence-corrected chi connectivity index (χ4v) is 4.57. The zero-order valence-corrected chi connectivity index (χ0v) is 17.5. The molecule has 1 fully saturated rings. The Morgan fingerprint density at radius 1 is 1.10 bits per heavy atom. The molecule has 1 saturated heterocycles. The minimum absolute atomic E-state index is 0.343. The van der Waals surface area contributed by atoms with Crippen molar-refractivity contribution in [2.75, 3.05) is 6.54 Å². The number of aryl methyl sites for hydroxylation is 2. The number of rotatable bonds is 3. The maximum Gasteiger partial charge on any atom is 0.336 e. The van der Waals surface area contributed by atoms with Crippen LogP contribution in [-0.4, -0.2) is 28.6 Å². The van der Waals surface area contributed by atoms with Gasteiger partial charge in [-0.3, -0.25) is 0 Å². The third kappa shape index (κ3) is 3.84. The summed E-state index contributed by atoms with van der Waals surface area (Å²) in [5, 5.41) is 9.72. The zero-order valence-electron chi connectivity index (χ0n) is 17.5. The van der Waals surface area contributed by atoms with Crippen LogP contribution in [0.2, 0.25) is 0 Å². The predicted molar refractivity (Wildman–Crippen MR) is 117 cm³/mol. The van der Waals surface area contributed by atoms with Gasteiger partial charge >= 0.3 is 11.6 Å². The lowest BCUT2D eigenvalue weighted by molar-refractivity contribution is -0.143. The highest BCUT2D eigenvalue weighted by molar-refractivity contribution is 5.79. The summed E-state index contributed by atoms with van der Waals surface area (Å²) in [6, 6.07) is 9.07. The molecule has 0 amide bonds. The molecule has 1 aliphatic carbocycles. The van der Waals surface area contributed by atoms with E-state index in [1.165, 1.54) is 0 Å². The summed E-state index contributed by atoms with van der Waals surface area (Å²) >= 11 is 0. The molecular weight excluding hydrogens is 378 g/mol. The molecule has 30 heavy (non-hydrogen) atoms. The standard InChI is InChI=1S/C25H27NO4/c1-16-7-3-4-8-18(16)20-15-24(27)30-23-13-10-17(2)21(12-11-19(20)23)26-14-6-5-9-22(26)25(28)29/h3-4,7-8,11-12,15,22H,5-6,9-10,13-14H2,1-2H3,(H,28,29)/b12-11-,21-17-. The molecule has 2 aromatic rings. The number of carboxylic acid groups (broad SMARTS) is 1. The van der Waals surface area contributed by atoms with Gasteiger partial charge in [-0.25, -0.2) is 9.59 Å². The second kappa shape index (κ2) is 8.34. The first kappa shape index (κ1) is 20.2. The molecule has 4 rings (SSSR count). The van der Waals surface area contributed by atoms with Gasteiger partial charge in [0.15, 0.2) is 0 Å². The average Bonchev–Trinajstić information content (AvgIpc) is 2.72. The van der Waals surface area contributed by atoms with Gasteiger partial charge in [0.05, 0.1) is 0 Å². The Kier molecular flexibility index (Phi) is 5.62. The summed E-state index contributed by atoms with van der Waals surface area (Å²) < 4.78 is 5.59. The van der Waals surface area contributed by atoms with Gasteiger partial charge < -0.3 is 14.4 Å². The van der Waals surface area contributed by atoms with Gasteiger partial charge in [-0.05, 0) is 73.9 Å². The molecule has 1 unspecified atom stereocenters. The Morgan fingerprint density at radius 2 is 1.90 bits per heavy atom. The SMILES string of the molecule is C/C1=C(N2CCCCC2C(=O)O)\C=C/c2c(-c3ccccc3C)cc(=O)oc2CC1. The third-order valence-corrected chi connectivity index (χ3v) is 6.18. The lowest BCUT2D eigenvalue weighted by Crippen LogP contribution is -2.44. The first-order valence-electron chi connectivity index (χ1n) is 10.6. The van der Waals surface area contributed by atoms with E-state index in [4.69, 9.17) is 4.42 Å². The summed E-state index contributed by atoms with van der Waals surface area (Å²) in [5.41, 5.74) is 5.62. The van der Waals surface area contributed by atoms with Gasteiger partial charge in [-0.1, -0.05) is 24.3 Å². The number of allylic oxidation sites excluding steroid dienone is 2. The molecule has 0 spiro atoms. The van der Waals surface area contributed by atoms with Crippen LogP contribution < -0.4 is 5.63 Å². The quantitative estimate of drug-likeness (QED) is 0.795. The second-order valence-corrected chi connectivity index (χ2v) is 8.17. The molecule has 0 saturated carbocycles. The van der Waals surface area contributed by atoms with Crippen molar-refractivity contribution in [2.45, 2.75) is 52.0 Å². The number of hydrogen-bond donors (Lipinski definition) is 1. The van der Waals surface area contributed by atoms with Crippen molar-refractivity contribution in [3.63, 3.8) is 0 Å². The first-order chi connectivity index (χ1) is 14.5. The molecule has 2 aliphatic rings. The minimum atomic E-state index is -0.766. The maximum atomic E-state index is 12.3. The minimum Gasteiger partial charge on any atom is -0.480 e. The molecule has 0 radical (unpaired) electrons. The second-order valence-electron chi connectivity index (χ2n) is 8.17. The van der Waals surface area contributed by atoms with Gasteiger partial charge in [0.1, 0.15) is 11.8 Å². The molecule has 2 heterocycles. The Bertz CT molecular complexity index is 1090. The summed E-state index contributed by atoms with van der Waals surface area (Å²) in [5.74, 6) is -0.0821. The van der Waals surface area contributed by atoms with Crippen molar-refractivity contribution in [1.82, 2.24) is 4.90 Å². The topological polar surface area (TPSA) is 70.8 Å². The average molecular weight is 405 g/mol. The number of likely N-dealkylation sites (tertiary alicyclic amines) is 1. The molecule has 1 atom stereocenters. The molecule has 5 heteroatoms. The van der Waals surface area contributed by atoms with E-state index in [-0.39, 0.29) is 5.63 Å². The zero-order chi connectivity index (χ0) is 21.3. The third-order valence-electron chi connectivity index (χ3n) is 6.18. The largest absolute Gasteiger partial charge is 0.480 e. The summed E-state index contributed by atoms with van der Waals surface area (Å²) in [6.07, 6.45) is 7.93. The van der Waals surface area contributed by atoms with Gasteiger partial charge in [0.25, 0.3) is 0 Å². The van der Waals surface area contributed by atoms with E-state index in [0.717, 1.165) is 59.3 Å². The first-order valence-corrected chi connectivity index (χ1v) is 10.6. The maximum absolute atomic E-state index is 12.3. The van der Waals surface area contributed by atoms with Crippen molar-refractivity contribution in [2.24, 2.45) is 0 Å². The Balaban J connectivity index is 1.82. The lowest BCUT2D eigenvalue weighted by Gasteiger charge is -2.37. The fourth-order valence-electron chi connectivity index (χ4n) is 4.57. The Labute approximate surface area is 176 Å². The van der Waals surface area contributed by atoms with Gasteiger partial charge in [-0.15, -0.1) is 0 Å². The number of nitrogens with zero attached hydrogens (tertiary/aromatic N) is 1. The van der Waals surface area contributed by atoms with Gasteiger partial charge in [0, 0.05) is 30.3 Å². The van der Waals surface area contributed by atoms with Crippen LogP contribution >= 0.6 is 0 Å². The predicted octanol–water partition coefficient (Wildman–Crippen LogP) is 4.79. The molecule has 1 aromatic heterocycles. The normalized spacial score (nSPS) is 22.7. The van der Waals surface area contributed by atoms with Crippen molar-refractivity contribution < 1.29 is 14.3 Å². The van der Waals surface area contributed by atoms with Crippen molar-refractivity contribution in [1.29, 1.82) is 0 Å². The molecule has 156 valence electrons. The summed E-state index contributed by atoms with van der Waals surface area (Å²) in [6.45, 7) is 4.82. The van der Waals surface area contributed by atoms with Crippen molar-refractivity contribution >= 4 is 12.0 Å². The monoisotopic (exact) mass is 405 g/mol. The van der Waals surface area contributed by atoms with Crippen LogP contribution in [0.4, 0.5) is 0 Å². The van der Waals surface area contributed by atoms with Crippen LogP contribution in [0, 0.1) is 6.92 Å². The number of carbonyl (C=O) groups is 1. The number of piperidine rings is 1. The summed E-state index contributed by atoms with van der Waals surface area (Å²) in [4.78, 5) is 26.2. The lowest BCUT2D eigenvalue weighted by atomic mass is 9.91. The highest BCUT2D eigenvalue weighted by atomic mass is 16.4. The molecule has 1 aromatic carbocycles. The van der Waals surface area contributed by atoms with E-state index in [2.05, 4.69) is 0 Å². The van der Waals surface area contributed by atoms with E-state index in [0.29, 0.717) is 18.6 Å². The number of hydrogen-bond acceptors (Lipinski definition) is 4. The highest BCUT2D eigenvalue weighted by Gasteiger charge is 2.30.